The van der Waals surface area contributed by atoms with Crippen LogP contribution in [0.5, 0.6) is 0 Å². The second kappa shape index (κ2) is 6.74. The summed E-state index contributed by atoms with van der Waals surface area (Å²) in [6.07, 6.45) is 0.885. The fourth-order valence-electron chi connectivity index (χ4n) is 4.81. The Balaban J connectivity index is 1.34. The number of fused-ring (bicyclic) bond motifs is 4. The molecule has 1 saturated heterocycles. The molecule has 0 radical (unpaired) electrons. The molecule has 6 nitrogen and oxygen atoms in total. The van der Waals surface area contributed by atoms with Crippen LogP contribution in [0.1, 0.15) is 11.3 Å². The first-order valence-corrected chi connectivity index (χ1v) is 10.4. The average molecular weight is 406 g/mol. The van der Waals surface area contributed by atoms with Gasteiger partial charge in [-0.25, -0.2) is 4.39 Å². The molecule has 0 aliphatic carbocycles. The molecule has 0 unspecified atom stereocenters. The number of para-hydroxylation sites is 1. The minimum Gasteiger partial charge on any atom is -0.423 e. The van der Waals surface area contributed by atoms with Crippen molar-refractivity contribution in [1.29, 1.82) is 0 Å². The van der Waals surface area contributed by atoms with E-state index in [0.29, 0.717) is 24.7 Å². The third-order valence-electron chi connectivity index (χ3n) is 6.37. The van der Waals surface area contributed by atoms with Crippen LogP contribution >= 0.6 is 0 Å². The van der Waals surface area contributed by atoms with Gasteiger partial charge in [-0.05, 0) is 24.3 Å². The molecule has 0 spiro atoms. The van der Waals surface area contributed by atoms with Crippen molar-refractivity contribution in [2.24, 2.45) is 7.05 Å². The van der Waals surface area contributed by atoms with E-state index < -0.39 is 0 Å². The van der Waals surface area contributed by atoms with E-state index >= 15 is 0 Å². The maximum Gasteiger partial charge on any atom is 0.298 e. The molecule has 6 rings (SSSR count). The highest BCUT2D eigenvalue weighted by Gasteiger charge is 2.25. The van der Waals surface area contributed by atoms with Gasteiger partial charge in [0.15, 0.2) is 5.58 Å². The third kappa shape index (κ3) is 2.69. The molecule has 0 amide bonds. The van der Waals surface area contributed by atoms with Crippen molar-refractivity contribution >= 4 is 33.7 Å². The van der Waals surface area contributed by atoms with E-state index in [1.165, 1.54) is 17.3 Å². The topological polar surface area (TPSA) is 46.7 Å². The number of benzene rings is 2. The summed E-state index contributed by atoms with van der Waals surface area (Å²) >= 11 is 0. The lowest BCUT2D eigenvalue weighted by Crippen LogP contribution is -2.36. The van der Waals surface area contributed by atoms with Crippen molar-refractivity contribution in [3.8, 4) is 0 Å². The highest BCUT2D eigenvalue weighted by Crippen LogP contribution is 2.34. The Morgan fingerprint density at radius 2 is 1.90 bits per heavy atom. The predicted molar refractivity (Wildman–Crippen MR) is 115 cm³/mol. The first-order chi connectivity index (χ1) is 14.7. The summed E-state index contributed by atoms with van der Waals surface area (Å²) in [5.74, 6) is -0.157. The number of morpholine rings is 1. The number of anilines is 2. The van der Waals surface area contributed by atoms with E-state index in [9.17, 15) is 4.39 Å². The Morgan fingerprint density at radius 3 is 2.77 bits per heavy atom. The van der Waals surface area contributed by atoms with Crippen LogP contribution in [0, 0.1) is 5.82 Å². The highest BCUT2D eigenvalue weighted by atomic mass is 19.1. The fourth-order valence-corrected chi connectivity index (χ4v) is 4.81. The van der Waals surface area contributed by atoms with Crippen molar-refractivity contribution in [3.05, 3.63) is 53.5 Å². The smallest absolute Gasteiger partial charge is 0.298 e. The van der Waals surface area contributed by atoms with Gasteiger partial charge in [0.1, 0.15) is 11.3 Å². The summed E-state index contributed by atoms with van der Waals surface area (Å²) in [6.45, 7) is 4.64. The normalized spacial score (nSPS) is 17.1. The molecule has 1 fully saturated rings. The second-order valence-corrected chi connectivity index (χ2v) is 8.04. The van der Waals surface area contributed by atoms with Crippen LogP contribution in [0.15, 0.2) is 40.8 Å². The molecule has 0 N–H and O–H groups in total. The molecule has 2 aliphatic rings. The molecule has 2 aromatic carbocycles. The molecule has 2 aromatic heterocycles. The number of oxazole rings is 1. The Hall–Kier alpha value is -3.06. The first-order valence-electron chi connectivity index (χ1n) is 10.4. The van der Waals surface area contributed by atoms with Gasteiger partial charge in [0.2, 0.25) is 0 Å². The Morgan fingerprint density at radius 1 is 1.03 bits per heavy atom. The van der Waals surface area contributed by atoms with Crippen LogP contribution in [-0.2, 0) is 24.8 Å². The number of aromatic nitrogens is 2. The number of rotatable bonds is 2. The summed E-state index contributed by atoms with van der Waals surface area (Å²) in [5, 5.41) is 1.01. The lowest BCUT2D eigenvalue weighted by Gasteiger charge is -2.29. The average Bonchev–Trinajstić information content (AvgIpc) is 3.34. The van der Waals surface area contributed by atoms with Gasteiger partial charge in [0.05, 0.1) is 18.7 Å². The number of hydrogen-bond acceptors (Lipinski definition) is 5. The van der Waals surface area contributed by atoms with Gasteiger partial charge in [-0.1, -0.05) is 12.1 Å². The maximum absolute atomic E-state index is 14.4. The van der Waals surface area contributed by atoms with Gasteiger partial charge >= 0.3 is 0 Å². The minimum atomic E-state index is -0.157. The third-order valence-corrected chi connectivity index (χ3v) is 6.37. The monoisotopic (exact) mass is 406 g/mol. The zero-order chi connectivity index (χ0) is 20.2. The molecule has 4 aromatic rings. The number of aryl methyl sites for hydroxylation is 1. The van der Waals surface area contributed by atoms with E-state index in [1.54, 1.807) is 6.07 Å². The van der Waals surface area contributed by atoms with Crippen LogP contribution in [-0.4, -0.2) is 42.4 Å². The molecule has 2 aliphatic heterocycles. The van der Waals surface area contributed by atoms with Crippen molar-refractivity contribution in [2.45, 2.75) is 13.0 Å². The fraction of sp³-hybridized carbons (Fsp3) is 0.348. The predicted octanol–water partition coefficient (Wildman–Crippen LogP) is 3.86. The van der Waals surface area contributed by atoms with Crippen LogP contribution < -0.4 is 9.80 Å². The number of halogens is 1. The summed E-state index contributed by atoms with van der Waals surface area (Å²) in [7, 11) is 1.97. The first kappa shape index (κ1) is 17.8. The quantitative estimate of drug-likeness (QED) is 0.506. The van der Waals surface area contributed by atoms with E-state index in [0.717, 1.165) is 54.8 Å². The zero-order valence-electron chi connectivity index (χ0n) is 16.9. The van der Waals surface area contributed by atoms with E-state index in [2.05, 4.69) is 21.9 Å². The Labute approximate surface area is 173 Å². The van der Waals surface area contributed by atoms with Gasteiger partial charge in [-0.2, -0.15) is 4.98 Å². The number of hydrogen-bond donors (Lipinski definition) is 0. The van der Waals surface area contributed by atoms with Gasteiger partial charge in [0, 0.05) is 62.0 Å². The van der Waals surface area contributed by atoms with Crippen molar-refractivity contribution in [3.63, 3.8) is 0 Å². The molecular formula is C23H23FN4O2. The summed E-state index contributed by atoms with van der Waals surface area (Å²) in [6, 6.07) is 12.2. The van der Waals surface area contributed by atoms with Crippen molar-refractivity contribution < 1.29 is 13.5 Å². The Kier molecular flexibility index (Phi) is 3.99. The van der Waals surface area contributed by atoms with Crippen molar-refractivity contribution in [2.75, 3.05) is 42.6 Å². The molecule has 154 valence electrons. The number of nitrogens with zero attached hydrogens (tertiary/aromatic N) is 4. The van der Waals surface area contributed by atoms with Gasteiger partial charge in [-0.3, -0.25) is 0 Å². The summed E-state index contributed by atoms with van der Waals surface area (Å²) in [4.78, 5) is 9.19. The molecule has 30 heavy (non-hydrogen) atoms. The van der Waals surface area contributed by atoms with Crippen LogP contribution in [0.25, 0.3) is 22.0 Å². The Bertz CT molecular complexity index is 1260. The second-order valence-electron chi connectivity index (χ2n) is 8.04. The summed E-state index contributed by atoms with van der Waals surface area (Å²) < 4.78 is 27.8. The van der Waals surface area contributed by atoms with Crippen LogP contribution in [0.4, 0.5) is 16.1 Å². The molecule has 7 heteroatoms. The number of ether oxygens (including phenoxy) is 1. The van der Waals surface area contributed by atoms with E-state index in [-0.39, 0.29) is 5.82 Å². The standard InChI is InChI=1S/C23H23FN4O2/c1-26-20-7-8-28(14-17(20)16-3-2-4-18(24)22(16)26)15-5-6-21-19(13-15)25-23(30-21)27-9-11-29-12-10-27/h2-6,13H,7-12,14H2,1H3. The highest BCUT2D eigenvalue weighted by molar-refractivity contribution is 5.87. The SMILES string of the molecule is Cn1c2c(c3cccc(F)c31)CN(c1ccc3oc(N4CCOCC4)nc3c1)CC2. The molecule has 4 heterocycles. The molecular weight excluding hydrogens is 383 g/mol. The van der Waals surface area contributed by atoms with Gasteiger partial charge in [-0.15, -0.1) is 0 Å². The molecule has 0 saturated carbocycles. The molecule has 0 atom stereocenters. The van der Waals surface area contributed by atoms with Gasteiger partial charge < -0.3 is 23.5 Å². The summed E-state index contributed by atoms with van der Waals surface area (Å²) in [5.41, 5.74) is 5.92. The van der Waals surface area contributed by atoms with Crippen LogP contribution in [0.2, 0.25) is 0 Å². The maximum atomic E-state index is 14.4. The van der Waals surface area contributed by atoms with Crippen LogP contribution in [0.3, 0.4) is 0 Å². The van der Waals surface area contributed by atoms with E-state index in [4.69, 9.17) is 14.1 Å². The zero-order valence-corrected chi connectivity index (χ0v) is 16.9. The largest absolute Gasteiger partial charge is 0.423 e. The van der Waals surface area contributed by atoms with Gasteiger partial charge in [0.25, 0.3) is 6.01 Å². The molecule has 0 bridgehead atoms. The lowest BCUT2D eigenvalue weighted by molar-refractivity contribution is 0.120. The minimum absolute atomic E-state index is 0.157. The van der Waals surface area contributed by atoms with E-state index in [1.807, 2.05) is 23.7 Å². The lowest BCUT2D eigenvalue weighted by atomic mass is 10.0. The van der Waals surface area contributed by atoms with Crippen molar-refractivity contribution in [1.82, 2.24) is 9.55 Å².